The molecule has 0 aliphatic carbocycles. The smallest absolute Gasteiger partial charge is 0.256 e. The van der Waals surface area contributed by atoms with Gasteiger partial charge in [0.05, 0.1) is 11.1 Å². The third-order valence-electron chi connectivity index (χ3n) is 5.97. The molecule has 1 fully saturated rings. The summed E-state index contributed by atoms with van der Waals surface area (Å²) in [6, 6.07) is 14.2. The SMILES string of the molecule is C=C(C)C1CCN(C(=O)c2cccc3c(-c4ccccc4C)nn(C)c23)CC1. The lowest BCUT2D eigenvalue weighted by Crippen LogP contribution is -2.38. The zero-order valence-corrected chi connectivity index (χ0v) is 16.9. The highest BCUT2D eigenvalue weighted by Gasteiger charge is 2.26. The Balaban J connectivity index is 1.72. The highest BCUT2D eigenvalue weighted by atomic mass is 16.2. The van der Waals surface area contributed by atoms with E-state index in [1.54, 1.807) is 0 Å². The van der Waals surface area contributed by atoms with E-state index >= 15 is 0 Å². The summed E-state index contributed by atoms with van der Waals surface area (Å²) in [5.74, 6) is 0.634. The molecule has 4 rings (SSSR count). The summed E-state index contributed by atoms with van der Waals surface area (Å²) in [6.07, 6.45) is 1.99. The van der Waals surface area contributed by atoms with Gasteiger partial charge in [0.1, 0.15) is 5.69 Å². The fourth-order valence-electron chi connectivity index (χ4n) is 4.29. The lowest BCUT2D eigenvalue weighted by molar-refractivity contribution is 0.0703. The van der Waals surface area contributed by atoms with E-state index in [2.05, 4.69) is 38.6 Å². The van der Waals surface area contributed by atoms with Gasteiger partial charge in [-0.15, -0.1) is 0 Å². The third kappa shape index (κ3) is 3.13. The van der Waals surface area contributed by atoms with Crippen molar-refractivity contribution in [2.45, 2.75) is 26.7 Å². The molecule has 0 spiro atoms. The quantitative estimate of drug-likeness (QED) is 0.608. The normalized spacial score (nSPS) is 15.2. The number of allylic oxidation sites excluding steroid dienone is 1. The topological polar surface area (TPSA) is 38.1 Å². The summed E-state index contributed by atoms with van der Waals surface area (Å²) in [5, 5.41) is 5.81. The zero-order chi connectivity index (χ0) is 19.8. The number of aryl methyl sites for hydroxylation is 2. The summed E-state index contributed by atoms with van der Waals surface area (Å²) in [6.45, 7) is 9.84. The number of nitrogens with zero attached hydrogens (tertiary/aromatic N) is 3. The number of likely N-dealkylation sites (tertiary alicyclic amines) is 1. The molecule has 1 amide bonds. The van der Waals surface area contributed by atoms with Crippen molar-refractivity contribution < 1.29 is 4.79 Å². The summed E-state index contributed by atoms with van der Waals surface area (Å²) < 4.78 is 1.85. The van der Waals surface area contributed by atoms with Crippen molar-refractivity contribution in [1.29, 1.82) is 0 Å². The van der Waals surface area contributed by atoms with E-state index in [9.17, 15) is 4.79 Å². The summed E-state index contributed by atoms with van der Waals surface area (Å²) in [7, 11) is 1.92. The first kappa shape index (κ1) is 18.5. The molecule has 1 saturated heterocycles. The summed E-state index contributed by atoms with van der Waals surface area (Å²) in [4.78, 5) is 15.3. The second-order valence-electron chi connectivity index (χ2n) is 7.90. The lowest BCUT2D eigenvalue weighted by Gasteiger charge is -2.32. The Labute approximate surface area is 166 Å². The van der Waals surface area contributed by atoms with Crippen molar-refractivity contribution in [3.8, 4) is 11.3 Å². The van der Waals surface area contributed by atoms with Gasteiger partial charge in [0.15, 0.2) is 0 Å². The average molecular weight is 374 g/mol. The number of amides is 1. The van der Waals surface area contributed by atoms with Crippen LogP contribution in [0.1, 0.15) is 35.7 Å². The highest BCUT2D eigenvalue weighted by Crippen LogP contribution is 2.32. The van der Waals surface area contributed by atoms with Crippen molar-refractivity contribution in [3.63, 3.8) is 0 Å². The van der Waals surface area contributed by atoms with Crippen LogP contribution in [0.3, 0.4) is 0 Å². The minimum absolute atomic E-state index is 0.102. The number of aromatic nitrogens is 2. The standard InChI is InChI=1S/C24H27N3O/c1-16(2)18-12-14-27(15-13-18)24(28)21-11-7-10-20-22(25-26(4)23(20)21)19-9-6-5-8-17(19)3/h5-11,18H,1,12-15H2,2-4H3. The van der Waals surface area contributed by atoms with Crippen LogP contribution in [0, 0.1) is 12.8 Å². The molecular weight excluding hydrogens is 346 g/mol. The molecule has 0 atom stereocenters. The molecule has 0 saturated carbocycles. The zero-order valence-electron chi connectivity index (χ0n) is 16.9. The molecule has 4 nitrogen and oxygen atoms in total. The number of hydrogen-bond acceptors (Lipinski definition) is 2. The summed E-state index contributed by atoms with van der Waals surface area (Å²) >= 11 is 0. The van der Waals surface area contributed by atoms with Gasteiger partial charge in [-0.2, -0.15) is 5.10 Å². The lowest BCUT2D eigenvalue weighted by atomic mass is 9.90. The van der Waals surface area contributed by atoms with Gasteiger partial charge in [-0.25, -0.2) is 0 Å². The van der Waals surface area contributed by atoms with E-state index in [1.807, 2.05) is 40.9 Å². The van der Waals surface area contributed by atoms with Crippen molar-refractivity contribution in [2.75, 3.05) is 13.1 Å². The van der Waals surface area contributed by atoms with Crippen molar-refractivity contribution in [2.24, 2.45) is 13.0 Å². The molecular formula is C24H27N3O. The van der Waals surface area contributed by atoms with E-state index in [1.165, 1.54) is 11.1 Å². The number of carbonyl (C=O) groups is 1. The van der Waals surface area contributed by atoms with Gasteiger partial charge in [0.2, 0.25) is 0 Å². The van der Waals surface area contributed by atoms with E-state index in [-0.39, 0.29) is 5.91 Å². The number of hydrogen-bond donors (Lipinski definition) is 0. The van der Waals surface area contributed by atoms with Crippen LogP contribution in [0.5, 0.6) is 0 Å². The first-order valence-electron chi connectivity index (χ1n) is 9.93. The molecule has 0 bridgehead atoms. The Bertz CT molecular complexity index is 1050. The fraction of sp³-hybridized carbons (Fsp3) is 0.333. The predicted molar refractivity (Wildman–Crippen MR) is 114 cm³/mol. The van der Waals surface area contributed by atoms with Crippen LogP contribution in [0.2, 0.25) is 0 Å². The van der Waals surface area contributed by atoms with Gasteiger partial charge in [-0.1, -0.05) is 48.6 Å². The maximum Gasteiger partial charge on any atom is 0.256 e. The van der Waals surface area contributed by atoms with Crippen LogP contribution >= 0.6 is 0 Å². The largest absolute Gasteiger partial charge is 0.339 e. The Morgan fingerprint density at radius 2 is 1.82 bits per heavy atom. The summed E-state index contributed by atoms with van der Waals surface area (Å²) in [5.41, 5.74) is 6.10. The maximum atomic E-state index is 13.3. The fourth-order valence-corrected chi connectivity index (χ4v) is 4.29. The third-order valence-corrected chi connectivity index (χ3v) is 5.97. The minimum atomic E-state index is 0.102. The molecule has 3 aromatic rings. The van der Waals surface area contributed by atoms with Crippen LogP contribution in [0.25, 0.3) is 22.2 Å². The van der Waals surface area contributed by atoms with Gasteiger partial charge >= 0.3 is 0 Å². The molecule has 2 heterocycles. The average Bonchev–Trinajstić information content (AvgIpc) is 3.04. The Kier molecular flexibility index (Phi) is 4.80. The molecule has 28 heavy (non-hydrogen) atoms. The second kappa shape index (κ2) is 7.27. The van der Waals surface area contributed by atoms with Gasteiger partial charge in [-0.05, 0) is 44.2 Å². The van der Waals surface area contributed by atoms with Gasteiger partial charge in [-0.3, -0.25) is 9.48 Å². The van der Waals surface area contributed by atoms with E-state index < -0.39 is 0 Å². The predicted octanol–water partition coefficient (Wildman–Crippen LogP) is 4.98. The highest BCUT2D eigenvalue weighted by molar-refractivity contribution is 6.09. The van der Waals surface area contributed by atoms with Crippen LogP contribution < -0.4 is 0 Å². The van der Waals surface area contributed by atoms with E-state index in [4.69, 9.17) is 5.10 Å². The molecule has 1 aliphatic heterocycles. The van der Waals surface area contributed by atoms with Crippen molar-refractivity contribution in [3.05, 3.63) is 65.7 Å². The number of fused-ring (bicyclic) bond motifs is 1. The van der Waals surface area contributed by atoms with E-state index in [0.717, 1.165) is 53.7 Å². The first-order valence-corrected chi connectivity index (χ1v) is 9.93. The van der Waals surface area contributed by atoms with Crippen LogP contribution in [0.4, 0.5) is 0 Å². The van der Waals surface area contributed by atoms with Crippen molar-refractivity contribution >= 4 is 16.8 Å². The molecule has 1 aromatic heterocycles. The number of carbonyl (C=O) groups excluding carboxylic acids is 1. The number of benzene rings is 2. The van der Waals surface area contributed by atoms with Crippen LogP contribution in [-0.4, -0.2) is 33.7 Å². The first-order chi connectivity index (χ1) is 13.5. The van der Waals surface area contributed by atoms with E-state index in [0.29, 0.717) is 5.92 Å². The van der Waals surface area contributed by atoms with Crippen molar-refractivity contribution in [1.82, 2.24) is 14.7 Å². The molecule has 0 unspecified atom stereocenters. The Hall–Kier alpha value is -2.88. The Morgan fingerprint density at radius 3 is 2.50 bits per heavy atom. The molecule has 144 valence electrons. The van der Waals surface area contributed by atoms with Gasteiger partial charge in [0.25, 0.3) is 5.91 Å². The molecule has 2 aromatic carbocycles. The molecule has 4 heteroatoms. The molecule has 1 aliphatic rings. The number of piperidine rings is 1. The number of para-hydroxylation sites is 1. The maximum absolute atomic E-state index is 13.3. The second-order valence-corrected chi connectivity index (χ2v) is 7.90. The van der Waals surface area contributed by atoms with Gasteiger partial charge in [0, 0.05) is 31.1 Å². The monoisotopic (exact) mass is 373 g/mol. The van der Waals surface area contributed by atoms with Crippen LogP contribution in [0.15, 0.2) is 54.6 Å². The minimum Gasteiger partial charge on any atom is -0.339 e. The number of rotatable bonds is 3. The Morgan fingerprint density at radius 1 is 1.11 bits per heavy atom. The van der Waals surface area contributed by atoms with Crippen LogP contribution in [-0.2, 0) is 7.05 Å². The molecule has 0 N–H and O–H groups in total. The van der Waals surface area contributed by atoms with Gasteiger partial charge < -0.3 is 4.90 Å². The molecule has 0 radical (unpaired) electrons.